The Labute approximate surface area is 158 Å². The van der Waals surface area contributed by atoms with Crippen LogP contribution in [0.4, 0.5) is 5.69 Å². The summed E-state index contributed by atoms with van der Waals surface area (Å²) in [6.07, 6.45) is 7.08. The van der Waals surface area contributed by atoms with E-state index in [1.54, 1.807) is 6.20 Å². The van der Waals surface area contributed by atoms with Crippen molar-refractivity contribution in [2.24, 2.45) is 0 Å². The average molecular weight is 360 g/mol. The average Bonchev–Trinajstić information content (AvgIpc) is 2.70. The molecule has 1 N–H and O–H groups in total. The van der Waals surface area contributed by atoms with E-state index in [0.717, 1.165) is 44.2 Å². The zero-order valence-corrected chi connectivity index (χ0v) is 15.6. The molecule has 0 aliphatic carbocycles. The van der Waals surface area contributed by atoms with E-state index in [-0.39, 0.29) is 16.9 Å². The molecule has 0 fully saturated rings. The Balaban J connectivity index is 1.64. The molecule has 0 saturated heterocycles. The Morgan fingerprint density at radius 1 is 1.15 bits per heavy atom. The number of pyridine rings is 1. The number of anilines is 1. The second-order valence-electron chi connectivity index (χ2n) is 7.24. The number of hydrogen-bond acceptors (Lipinski definition) is 2. The smallest absolute Gasteiger partial charge is 0.261 e. The third-order valence-corrected chi connectivity index (χ3v) is 5.30. The molecule has 1 aliphatic rings. The van der Waals surface area contributed by atoms with E-state index in [1.807, 2.05) is 36.4 Å². The molecule has 0 unspecified atom stereocenters. The third-order valence-electron chi connectivity index (χ3n) is 5.30. The van der Waals surface area contributed by atoms with Gasteiger partial charge in [0.05, 0.1) is 5.52 Å². The Bertz CT molecular complexity index is 1050. The van der Waals surface area contributed by atoms with E-state index in [1.165, 1.54) is 11.1 Å². The summed E-state index contributed by atoms with van der Waals surface area (Å²) in [5.41, 5.74) is 4.15. The number of nitrogens with zero attached hydrogens (tertiary/aromatic N) is 1. The van der Waals surface area contributed by atoms with Crippen LogP contribution in [0.25, 0.3) is 10.9 Å². The highest BCUT2D eigenvalue weighted by atomic mass is 16.2. The van der Waals surface area contributed by atoms with E-state index < -0.39 is 0 Å². The van der Waals surface area contributed by atoms with Crippen LogP contribution >= 0.6 is 0 Å². The molecule has 2 aromatic carbocycles. The van der Waals surface area contributed by atoms with Gasteiger partial charge in [0.15, 0.2) is 0 Å². The maximum Gasteiger partial charge on any atom is 0.261 e. The Kier molecular flexibility index (Phi) is 4.80. The standard InChI is InChI=1S/C23H24N2O2/c1-2-3-6-16-10-12-18(13-11-16)24-23(27)20-15-25-14-5-8-17-7-4-9-19(21(17)25)22(20)26/h4,7,9-13,15H,2-3,5-6,8,14H2,1H3,(H,24,27). The van der Waals surface area contributed by atoms with Crippen molar-refractivity contribution in [2.45, 2.75) is 45.6 Å². The van der Waals surface area contributed by atoms with Gasteiger partial charge >= 0.3 is 0 Å². The van der Waals surface area contributed by atoms with Crippen molar-refractivity contribution in [2.75, 3.05) is 5.32 Å². The summed E-state index contributed by atoms with van der Waals surface area (Å²) in [6.45, 7) is 3.01. The molecule has 1 aliphatic heterocycles. The predicted molar refractivity (Wildman–Crippen MR) is 110 cm³/mol. The lowest BCUT2D eigenvalue weighted by Crippen LogP contribution is -2.25. The lowest BCUT2D eigenvalue weighted by atomic mass is 9.99. The number of hydrogen-bond donors (Lipinski definition) is 1. The normalized spacial score (nSPS) is 12.9. The Hall–Kier alpha value is -2.88. The minimum atomic E-state index is -0.345. The van der Waals surface area contributed by atoms with E-state index in [2.05, 4.69) is 22.9 Å². The molecule has 3 aromatic rings. The summed E-state index contributed by atoms with van der Waals surface area (Å²) in [6, 6.07) is 13.7. The molecule has 0 bridgehead atoms. The summed E-state index contributed by atoms with van der Waals surface area (Å²) < 4.78 is 2.05. The molecular formula is C23H24N2O2. The van der Waals surface area contributed by atoms with Crippen LogP contribution in [0.2, 0.25) is 0 Å². The van der Waals surface area contributed by atoms with Crippen LogP contribution in [0.3, 0.4) is 0 Å². The molecule has 0 saturated carbocycles. The molecule has 4 heteroatoms. The molecule has 1 amide bonds. The van der Waals surface area contributed by atoms with Gasteiger partial charge in [-0.3, -0.25) is 9.59 Å². The topological polar surface area (TPSA) is 51.1 Å². The van der Waals surface area contributed by atoms with Crippen molar-refractivity contribution < 1.29 is 4.79 Å². The number of carbonyl (C=O) groups is 1. The van der Waals surface area contributed by atoms with Gasteiger partial charge in [-0.2, -0.15) is 0 Å². The number of rotatable bonds is 5. The van der Waals surface area contributed by atoms with Crippen molar-refractivity contribution in [3.05, 3.63) is 75.6 Å². The highest BCUT2D eigenvalue weighted by Crippen LogP contribution is 2.23. The lowest BCUT2D eigenvalue weighted by molar-refractivity contribution is 0.102. The second kappa shape index (κ2) is 7.39. The van der Waals surface area contributed by atoms with Gasteiger partial charge in [0, 0.05) is 23.8 Å². The van der Waals surface area contributed by atoms with Gasteiger partial charge in [-0.15, -0.1) is 0 Å². The van der Waals surface area contributed by atoms with Crippen LogP contribution in [0.1, 0.15) is 47.7 Å². The van der Waals surface area contributed by atoms with Crippen molar-refractivity contribution in [1.29, 1.82) is 0 Å². The highest BCUT2D eigenvalue weighted by Gasteiger charge is 2.19. The maximum atomic E-state index is 12.9. The molecule has 1 aromatic heterocycles. The number of aromatic nitrogens is 1. The van der Waals surface area contributed by atoms with Gasteiger partial charge in [0.1, 0.15) is 5.56 Å². The fourth-order valence-corrected chi connectivity index (χ4v) is 3.85. The van der Waals surface area contributed by atoms with Crippen molar-refractivity contribution in [3.63, 3.8) is 0 Å². The lowest BCUT2D eigenvalue weighted by Gasteiger charge is -2.20. The zero-order chi connectivity index (χ0) is 18.8. The van der Waals surface area contributed by atoms with Gasteiger partial charge in [-0.25, -0.2) is 0 Å². The molecule has 27 heavy (non-hydrogen) atoms. The largest absolute Gasteiger partial charge is 0.346 e. The SMILES string of the molecule is CCCCc1ccc(NC(=O)c2cn3c4c(cccc4c2=O)CCC3)cc1. The molecule has 0 atom stereocenters. The summed E-state index contributed by atoms with van der Waals surface area (Å²) in [4.78, 5) is 25.7. The van der Waals surface area contributed by atoms with Crippen LogP contribution in [0, 0.1) is 0 Å². The number of benzene rings is 2. The fraction of sp³-hybridized carbons (Fsp3) is 0.304. The zero-order valence-electron chi connectivity index (χ0n) is 15.6. The molecule has 0 radical (unpaired) electrons. The summed E-state index contributed by atoms with van der Waals surface area (Å²) in [5.74, 6) is -0.345. The van der Waals surface area contributed by atoms with Crippen molar-refractivity contribution in [1.82, 2.24) is 4.57 Å². The summed E-state index contributed by atoms with van der Waals surface area (Å²) in [5, 5.41) is 3.51. The predicted octanol–water partition coefficient (Wildman–Crippen LogP) is 4.54. The number of para-hydroxylation sites is 1. The second-order valence-corrected chi connectivity index (χ2v) is 7.24. The number of aryl methyl sites for hydroxylation is 3. The van der Waals surface area contributed by atoms with Crippen LogP contribution in [0.5, 0.6) is 0 Å². The van der Waals surface area contributed by atoms with E-state index >= 15 is 0 Å². The number of unbranched alkanes of at least 4 members (excludes halogenated alkanes) is 1. The van der Waals surface area contributed by atoms with Gasteiger partial charge in [0.25, 0.3) is 5.91 Å². The Morgan fingerprint density at radius 2 is 1.96 bits per heavy atom. The number of carbonyl (C=O) groups excluding carboxylic acids is 1. The van der Waals surface area contributed by atoms with Gasteiger partial charge < -0.3 is 9.88 Å². The van der Waals surface area contributed by atoms with Crippen LogP contribution < -0.4 is 10.7 Å². The van der Waals surface area contributed by atoms with Gasteiger partial charge in [-0.1, -0.05) is 37.6 Å². The van der Waals surface area contributed by atoms with E-state index in [9.17, 15) is 9.59 Å². The summed E-state index contributed by atoms with van der Waals surface area (Å²) >= 11 is 0. The minimum Gasteiger partial charge on any atom is -0.346 e. The number of amides is 1. The third kappa shape index (κ3) is 3.39. The summed E-state index contributed by atoms with van der Waals surface area (Å²) in [7, 11) is 0. The first-order chi connectivity index (χ1) is 13.2. The quantitative estimate of drug-likeness (QED) is 0.726. The van der Waals surface area contributed by atoms with Crippen molar-refractivity contribution >= 4 is 22.5 Å². The first-order valence-electron chi connectivity index (χ1n) is 9.72. The van der Waals surface area contributed by atoms with E-state index in [0.29, 0.717) is 11.1 Å². The highest BCUT2D eigenvalue weighted by molar-refractivity contribution is 6.06. The molecule has 4 nitrogen and oxygen atoms in total. The molecule has 4 rings (SSSR count). The van der Waals surface area contributed by atoms with Crippen LogP contribution in [0.15, 0.2) is 53.5 Å². The van der Waals surface area contributed by atoms with Gasteiger partial charge in [-0.05, 0) is 55.0 Å². The van der Waals surface area contributed by atoms with E-state index in [4.69, 9.17) is 0 Å². The molecular weight excluding hydrogens is 336 g/mol. The van der Waals surface area contributed by atoms with Crippen LogP contribution in [-0.2, 0) is 19.4 Å². The molecule has 138 valence electrons. The molecule has 2 heterocycles. The number of nitrogens with one attached hydrogen (secondary N) is 1. The first-order valence-corrected chi connectivity index (χ1v) is 9.72. The Morgan fingerprint density at radius 3 is 2.74 bits per heavy atom. The van der Waals surface area contributed by atoms with Crippen LogP contribution in [-0.4, -0.2) is 10.5 Å². The maximum absolute atomic E-state index is 12.9. The first kappa shape index (κ1) is 17.5. The monoisotopic (exact) mass is 360 g/mol. The van der Waals surface area contributed by atoms with Crippen molar-refractivity contribution in [3.8, 4) is 0 Å². The fourth-order valence-electron chi connectivity index (χ4n) is 3.85. The van der Waals surface area contributed by atoms with Gasteiger partial charge in [0.2, 0.25) is 5.43 Å². The molecule has 0 spiro atoms. The minimum absolute atomic E-state index is 0.193.